The first kappa shape index (κ1) is 15.5. The van der Waals surface area contributed by atoms with Gasteiger partial charge in [-0.15, -0.1) is 0 Å². The molecule has 0 aliphatic rings. The van der Waals surface area contributed by atoms with Gasteiger partial charge in [-0.25, -0.2) is 0 Å². The molecule has 4 N–H and O–H groups in total. The smallest absolute Gasteiger partial charge is 0.313 e. The third-order valence-corrected chi connectivity index (χ3v) is 0.969. The summed E-state index contributed by atoms with van der Waals surface area (Å²) < 4.78 is 4.20. The quantitative estimate of drug-likeness (QED) is 0.437. The number of carbonyl (C=O) groups excluding carboxylic acids is 4. The van der Waals surface area contributed by atoms with E-state index in [0.717, 1.165) is 0 Å². The van der Waals surface area contributed by atoms with E-state index in [1.54, 1.807) is 0 Å². The number of ketones is 1. The number of ether oxygens (including phenoxy) is 1. The molecule has 0 aromatic carbocycles. The molecular formula is C8H14N2O5. The van der Waals surface area contributed by atoms with Gasteiger partial charge in [0.25, 0.3) is 0 Å². The standard InChI is InChI=1S/C5H8O3.C3H6N2O2/c1-4(6)3-5(7)8-2;4-2(6)1-3(5)7/h3H2,1-2H3;1H2,(H2,4,6)(H2,5,7). The zero-order valence-corrected chi connectivity index (χ0v) is 8.61. The van der Waals surface area contributed by atoms with Gasteiger partial charge in [0, 0.05) is 0 Å². The van der Waals surface area contributed by atoms with E-state index in [1.165, 1.54) is 14.0 Å². The molecule has 0 rings (SSSR count). The second-order valence-electron chi connectivity index (χ2n) is 2.56. The molecule has 0 radical (unpaired) electrons. The van der Waals surface area contributed by atoms with E-state index in [-0.39, 0.29) is 18.6 Å². The summed E-state index contributed by atoms with van der Waals surface area (Å²) in [4.78, 5) is 39.8. The third kappa shape index (κ3) is 18.8. The van der Waals surface area contributed by atoms with Crippen LogP contribution in [0.4, 0.5) is 0 Å². The number of hydrogen-bond donors (Lipinski definition) is 2. The van der Waals surface area contributed by atoms with Crippen molar-refractivity contribution in [2.24, 2.45) is 11.5 Å². The summed E-state index contributed by atoms with van der Waals surface area (Å²) in [7, 11) is 1.26. The Morgan fingerprint density at radius 2 is 1.40 bits per heavy atom. The number of rotatable bonds is 4. The SMILES string of the molecule is COC(=O)CC(C)=O.NC(=O)CC(N)=O. The van der Waals surface area contributed by atoms with Crippen LogP contribution in [0.3, 0.4) is 0 Å². The van der Waals surface area contributed by atoms with Crippen LogP contribution in [0.1, 0.15) is 19.8 Å². The minimum Gasteiger partial charge on any atom is -0.469 e. The highest BCUT2D eigenvalue weighted by Crippen LogP contribution is 1.83. The number of nitrogens with two attached hydrogens (primary N) is 2. The van der Waals surface area contributed by atoms with Crippen molar-refractivity contribution >= 4 is 23.6 Å². The Morgan fingerprint density at radius 1 is 1.00 bits per heavy atom. The molecule has 0 unspecified atom stereocenters. The molecule has 7 nitrogen and oxygen atoms in total. The first-order valence-electron chi connectivity index (χ1n) is 3.92. The first-order chi connectivity index (χ1) is 6.79. The molecule has 0 aromatic rings. The molecule has 7 heteroatoms. The summed E-state index contributed by atoms with van der Waals surface area (Å²) in [6.45, 7) is 1.34. The topological polar surface area (TPSA) is 130 Å². The van der Waals surface area contributed by atoms with Crippen LogP contribution in [0.15, 0.2) is 0 Å². The van der Waals surface area contributed by atoms with Gasteiger partial charge in [0.15, 0.2) is 0 Å². The van der Waals surface area contributed by atoms with Gasteiger partial charge in [-0.1, -0.05) is 0 Å². The van der Waals surface area contributed by atoms with E-state index in [9.17, 15) is 19.2 Å². The molecule has 0 aliphatic carbocycles. The maximum absolute atomic E-state index is 10.2. The highest BCUT2D eigenvalue weighted by molar-refractivity contribution is 5.95. The summed E-state index contributed by atoms with van der Waals surface area (Å²) in [5, 5.41) is 0. The lowest BCUT2D eigenvalue weighted by molar-refractivity contribution is -0.143. The first-order valence-corrected chi connectivity index (χ1v) is 3.92. The summed E-state index contributed by atoms with van der Waals surface area (Å²) in [5.74, 6) is -2.02. The summed E-state index contributed by atoms with van der Waals surface area (Å²) >= 11 is 0. The van der Waals surface area contributed by atoms with Gasteiger partial charge in [0.05, 0.1) is 7.11 Å². The Bertz CT molecular complexity index is 250. The molecule has 0 saturated heterocycles. The monoisotopic (exact) mass is 218 g/mol. The van der Waals surface area contributed by atoms with Gasteiger partial charge in [-0.05, 0) is 6.92 Å². The van der Waals surface area contributed by atoms with E-state index < -0.39 is 17.8 Å². The molecule has 0 fully saturated rings. The van der Waals surface area contributed by atoms with Crippen molar-refractivity contribution in [2.45, 2.75) is 19.8 Å². The average molecular weight is 218 g/mol. The molecule has 0 spiro atoms. The van der Waals surface area contributed by atoms with Gasteiger partial charge in [0.2, 0.25) is 11.8 Å². The molecule has 0 aromatic heterocycles. The molecule has 0 atom stereocenters. The average Bonchev–Trinajstić information content (AvgIpc) is 2.01. The lowest BCUT2D eigenvalue weighted by Crippen LogP contribution is -2.21. The summed E-state index contributed by atoms with van der Waals surface area (Å²) in [6, 6.07) is 0. The fourth-order valence-electron chi connectivity index (χ4n) is 0.447. The molecule has 2 amide bonds. The summed E-state index contributed by atoms with van der Waals surface area (Å²) in [5.41, 5.74) is 9.11. The van der Waals surface area contributed by atoms with Crippen LogP contribution in [0.25, 0.3) is 0 Å². The van der Waals surface area contributed by atoms with Crippen molar-refractivity contribution in [3.8, 4) is 0 Å². The van der Waals surface area contributed by atoms with Crippen molar-refractivity contribution < 1.29 is 23.9 Å². The molecule has 15 heavy (non-hydrogen) atoms. The normalized spacial score (nSPS) is 8.13. The number of methoxy groups -OCH3 is 1. The fourth-order valence-corrected chi connectivity index (χ4v) is 0.447. The third-order valence-electron chi connectivity index (χ3n) is 0.969. The van der Waals surface area contributed by atoms with Gasteiger partial charge in [-0.3, -0.25) is 19.2 Å². The van der Waals surface area contributed by atoms with Crippen molar-refractivity contribution in [1.82, 2.24) is 0 Å². The number of carbonyl (C=O) groups is 4. The Balaban J connectivity index is 0. The minimum atomic E-state index is -0.687. The Morgan fingerprint density at radius 3 is 1.47 bits per heavy atom. The maximum Gasteiger partial charge on any atom is 0.313 e. The minimum absolute atomic E-state index is 0.115. The van der Waals surface area contributed by atoms with Crippen LogP contribution in [-0.2, 0) is 23.9 Å². The second-order valence-corrected chi connectivity index (χ2v) is 2.56. The lowest BCUT2D eigenvalue weighted by atomic mass is 10.3. The van der Waals surface area contributed by atoms with Crippen LogP contribution in [0.5, 0.6) is 0 Å². The summed E-state index contributed by atoms with van der Waals surface area (Å²) in [6.07, 6.45) is -0.476. The van der Waals surface area contributed by atoms with Crippen LogP contribution < -0.4 is 11.5 Å². The zero-order valence-electron chi connectivity index (χ0n) is 8.61. The van der Waals surface area contributed by atoms with Crippen LogP contribution >= 0.6 is 0 Å². The van der Waals surface area contributed by atoms with Crippen LogP contribution in [0, 0.1) is 0 Å². The van der Waals surface area contributed by atoms with E-state index in [0.29, 0.717) is 0 Å². The van der Waals surface area contributed by atoms with Gasteiger partial charge < -0.3 is 16.2 Å². The fraction of sp³-hybridized carbons (Fsp3) is 0.500. The van der Waals surface area contributed by atoms with Crippen LogP contribution in [-0.4, -0.2) is 30.7 Å². The molecule has 0 heterocycles. The Hall–Kier alpha value is -1.92. The highest BCUT2D eigenvalue weighted by Gasteiger charge is 2.01. The number of primary amides is 2. The van der Waals surface area contributed by atoms with Crippen molar-refractivity contribution in [1.29, 1.82) is 0 Å². The van der Waals surface area contributed by atoms with Gasteiger partial charge in [0.1, 0.15) is 18.6 Å². The van der Waals surface area contributed by atoms with Crippen molar-refractivity contribution in [3.63, 3.8) is 0 Å². The zero-order chi connectivity index (χ0) is 12.4. The molecule has 0 aliphatic heterocycles. The molecule has 0 bridgehead atoms. The number of amides is 2. The van der Waals surface area contributed by atoms with E-state index in [1.807, 2.05) is 0 Å². The Labute approximate surface area is 86.7 Å². The largest absolute Gasteiger partial charge is 0.469 e. The highest BCUT2D eigenvalue weighted by atomic mass is 16.5. The van der Waals surface area contributed by atoms with Gasteiger partial charge in [-0.2, -0.15) is 0 Å². The predicted octanol–water partition coefficient (Wildman–Crippen LogP) is -1.51. The van der Waals surface area contributed by atoms with Gasteiger partial charge >= 0.3 is 5.97 Å². The lowest BCUT2D eigenvalue weighted by Gasteiger charge is -1.90. The van der Waals surface area contributed by atoms with Crippen molar-refractivity contribution in [2.75, 3.05) is 7.11 Å². The van der Waals surface area contributed by atoms with E-state index in [4.69, 9.17) is 0 Å². The molecular weight excluding hydrogens is 204 g/mol. The molecule has 86 valence electrons. The predicted molar refractivity (Wildman–Crippen MR) is 50.3 cm³/mol. The Kier molecular flexibility index (Phi) is 8.98. The number of esters is 1. The maximum atomic E-state index is 10.2. The van der Waals surface area contributed by atoms with Crippen LogP contribution in [0.2, 0.25) is 0 Å². The van der Waals surface area contributed by atoms with E-state index in [2.05, 4.69) is 16.2 Å². The number of hydrogen-bond acceptors (Lipinski definition) is 5. The second kappa shape index (κ2) is 8.67. The van der Waals surface area contributed by atoms with Crippen molar-refractivity contribution in [3.05, 3.63) is 0 Å². The van der Waals surface area contributed by atoms with E-state index >= 15 is 0 Å². The molecule has 0 saturated carbocycles. The number of Topliss-reactive ketones (excluding diaryl/α,β-unsaturated/α-hetero) is 1.